The lowest BCUT2D eigenvalue weighted by molar-refractivity contribution is 0.267. The van der Waals surface area contributed by atoms with E-state index in [0.29, 0.717) is 6.54 Å². The molecule has 25 heavy (non-hydrogen) atoms. The van der Waals surface area contributed by atoms with E-state index >= 15 is 0 Å². The van der Waals surface area contributed by atoms with Crippen molar-refractivity contribution in [3.05, 3.63) is 70.8 Å². The molecule has 2 aromatic heterocycles. The van der Waals surface area contributed by atoms with Crippen molar-refractivity contribution in [1.82, 2.24) is 24.9 Å². The molecule has 0 spiro atoms. The molecule has 0 radical (unpaired) electrons. The molecular formula is C19H25N5O. The number of rotatable bonds is 8. The highest BCUT2D eigenvalue weighted by Gasteiger charge is 2.10. The van der Waals surface area contributed by atoms with Crippen molar-refractivity contribution in [3.8, 4) is 0 Å². The highest BCUT2D eigenvalue weighted by Crippen LogP contribution is 2.13. The minimum Gasteiger partial charge on any atom is -0.394 e. The predicted octanol–water partition coefficient (Wildman–Crippen LogP) is 2.03. The molecule has 1 aromatic carbocycles. The molecule has 0 saturated heterocycles. The number of hydrogen-bond acceptors (Lipinski definition) is 4. The summed E-state index contributed by atoms with van der Waals surface area (Å²) in [4.78, 5) is 0. The van der Waals surface area contributed by atoms with E-state index in [0.717, 1.165) is 36.6 Å². The van der Waals surface area contributed by atoms with Gasteiger partial charge in [0.2, 0.25) is 0 Å². The summed E-state index contributed by atoms with van der Waals surface area (Å²) < 4.78 is 3.83. The van der Waals surface area contributed by atoms with Gasteiger partial charge in [0.1, 0.15) is 0 Å². The van der Waals surface area contributed by atoms with E-state index in [1.165, 1.54) is 11.1 Å². The first-order valence-electron chi connectivity index (χ1n) is 8.57. The summed E-state index contributed by atoms with van der Waals surface area (Å²) in [5.74, 6) is 0. The van der Waals surface area contributed by atoms with Crippen LogP contribution < -0.4 is 5.32 Å². The van der Waals surface area contributed by atoms with Gasteiger partial charge in [0.15, 0.2) is 0 Å². The summed E-state index contributed by atoms with van der Waals surface area (Å²) in [7, 11) is 0. The van der Waals surface area contributed by atoms with Crippen LogP contribution in [-0.4, -0.2) is 31.3 Å². The molecule has 0 unspecified atom stereocenters. The molecule has 6 heteroatoms. The average Bonchev–Trinajstić information content (AvgIpc) is 3.15. The van der Waals surface area contributed by atoms with Crippen LogP contribution in [0.25, 0.3) is 0 Å². The summed E-state index contributed by atoms with van der Waals surface area (Å²) in [5, 5.41) is 21.5. The van der Waals surface area contributed by atoms with Crippen molar-refractivity contribution in [2.45, 2.75) is 40.0 Å². The highest BCUT2D eigenvalue weighted by atomic mass is 16.3. The number of nitrogens with one attached hydrogen (secondary N) is 1. The van der Waals surface area contributed by atoms with Crippen LogP contribution in [0.2, 0.25) is 0 Å². The Hall–Kier alpha value is -2.44. The Balaban J connectivity index is 1.55. The normalized spacial score (nSPS) is 11.2. The molecule has 3 rings (SSSR count). The molecule has 0 aliphatic heterocycles. The predicted molar refractivity (Wildman–Crippen MR) is 97.1 cm³/mol. The third-order valence-corrected chi connectivity index (χ3v) is 4.35. The average molecular weight is 339 g/mol. The molecule has 0 aliphatic rings. The van der Waals surface area contributed by atoms with E-state index in [4.69, 9.17) is 5.11 Å². The molecule has 3 aromatic rings. The topological polar surface area (TPSA) is 67.9 Å². The smallest absolute Gasteiger partial charge is 0.0659 e. The van der Waals surface area contributed by atoms with Gasteiger partial charge in [-0.05, 0) is 19.4 Å². The number of aromatic nitrogens is 4. The minimum atomic E-state index is 0.107. The van der Waals surface area contributed by atoms with E-state index in [1.54, 1.807) is 0 Å². The zero-order chi connectivity index (χ0) is 17.6. The number of aliphatic hydroxyl groups is 1. The fraction of sp³-hybridized carbons (Fsp3) is 0.368. The third kappa shape index (κ3) is 4.35. The maximum absolute atomic E-state index is 9.09. The van der Waals surface area contributed by atoms with Crippen molar-refractivity contribution in [1.29, 1.82) is 0 Å². The van der Waals surface area contributed by atoms with Gasteiger partial charge in [-0.2, -0.15) is 10.2 Å². The first-order valence-corrected chi connectivity index (χ1v) is 8.57. The quantitative estimate of drug-likeness (QED) is 0.659. The first kappa shape index (κ1) is 17.4. The summed E-state index contributed by atoms with van der Waals surface area (Å²) in [5.41, 5.74) is 5.73. The van der Waals surface area contributed by atoms with Gasteiger partial charge >= 0.3 is 0 Å². The fourth-order valence-corrected chi connectivity index (χ4v) is 2.99. The Bertz CT molecular complexity index is 807. The van der Waals surface area contributed by atoms with E-state index in [9.17, 15) is 0 Å². The van der Waals surface area contributed by atoms with E-state index < -0.39 is 0 Å². The second kappa shape index (κ2) is 8.09. The second-order valence-electron chi connectivity index (χ2n) is 6.23. The van der Waals surface area contributed by atoms with Crippen LogP contribution in [0.3, 0.4) is 0 Å². The van der Waals surface area contributed by atoms with E-state index in [2.05, 4.69) is 33.8 Å². The van der Waals surface area contributed by atoms with Gasteiger partial charge in [0, 0.05) is 36.1 Å². The molecule has 0 bridgehead atoms. The molecule has 0 atom stereocenters. The van der Waals surface area contributed by atoms with Crippen LogP contribution in [-0.2, 0) is 26.2 Å². The molecule has 6 nitrogen and oxygen atoms in total. The number of nitrogens with zero attached hydrogens (tertiary/aromatic N) is 4. The fourth-order valence-electron chi connectivity index (χ4n) is 2.99. The number of benzene rings is 1. The van der Waals surface area contributed by atoms with Crippen LogP contribution in [0, 0.1) is 13.8 Å². The number of aliphatic hydroxyl groups excluding tert-OH is 1. The first-order chi connectivity index (χ1) is 12.2. The Morgan fingerprint density at radius 1 is 1.08 bits per heavy atom. The van der Waals surface area contributed by atoms with Crippen molar-refractivity contribution in [2.75, 3.05) is 6.61 Å². The van der Waals surface area contributed by atoms with Crippen LogP contribution in [0.1, 0.15) is 28.1 Å². The highest BCUT2D eigenvalue weighted by molar-refractivity contribution is 5.24. The minimum absolute atomic E-state index is 0.107. The SMILES string of the molecule is Cc1nn(CCO)c(C)c1CNCc1cnn(Cc2ccccc2)c1. The Labute approximate surface area is 148 Å². The maximum atomic E-state index is 9.09. The molecule has 132 valence electrons. The summed E-state index contributed by atoms with van der Waals surface area (Å²) in [6.07, 6.45) is 3.99. The Morgan fingerprint density at radius 3 is 2.64 bits per heavy atom. The second-order valence-corrected chi connectivity index (χ2v) is 6.23. The van der Waals surface area contributed by atoms with Crippen molar-refractivity contribution in [2.24, 2.45) is 0 Å². The lowest BCUT2D eigenvalue weighted by Gasteiger charge is -2.05. The zero-order valence-corrected chi connectivity index (χ0v) is 14.8. The van der Waals surface area contributed by atoms with E-state index in [1.807, 2.05) is 47.6 Å². The standard InChI is InChI=1S/C19H25N5O/c1-15-19(16(2)24(22-15)8-9-25)12-20-10-18-11-21-23(14-18)13-17-6-4-3-5-7-17/h3-7,11,14,20,25H,8-10,12-13H2,1-2H3. The largest absolute Gasteiger partial charge is 0.394 e. The lowest BCUT2D eigenvalue weighted by atomic mass is 10.2. The van der Waals surface area contributed by atoms with Gasteiger partial charge in [-0.25, -0.2) is 0 Å². The van der Waals surface area contributed by atoms with Gasteiger partial charge < -0.3 is 10.4 Å². The lowest BCUT2D eigenvalue weighted by Crippen LogP contribution is -2.14. The molecule has 0 aliphatic carbocycles. The number of hydrogen-bond donors (Lipinski definition) is 2. The van der Waals surface area contributed by atoms with Gasteiger partial charge in [0.25, 0.3) is 0 Å². The molecular weight excluding hydrogens is 314 g/mol. The molecule has 0 amide bonds. The van der Waals surface area contributed by atoms with Crippen molar-refractivity contribution in [3.63, 3.8) is 0 Å². The summed E-state index contributed by atoms with van der Waals surface area (Å²) in [6, 6.07) is 10.3. The van der Waals surface area contributed by atoms with Crippen LogP contribution in [0.15, 0.2) is 42.7 Å². The zero-order valence-electron chi connectivity index (χ0n) is 14.8. The number of aryl methyl sites for hydroxylation is 1. The van der Waals surface area contributed by atoms with Crippen LogP contribution in [0.5, 0.6) is 0 Å². The van der Waals surface area contributed by atoms with Gasteiger partial charge in [-0.1, -0.05) is 30.3 Å². The molecule has 0 fully saturated rings. The van der Waals surface area contributed by atoms with Crippen molar-refractivity contribution < 1.29 is 5.11 Å². The maximum Gasteiger partial charge on any atom is 0.0659 e. The van der Waals surface area contributed by atoms with Gasteiger partial charge in [-0.15, -0.1) is 0 Å². The molecule has 2 heterocycles. The Kier molecular flexibility index (Phi) is 5.63. The molecule has 0 saturated carbocycles. The third-order valence-electron chi connectivity index (χ3n) is 4.35. The molecule has 2 N–H and O–H groups in total. The monoisotopic (exact) mass is 339 g/mol. The van der Waals surface area contributed by atoms with Gasteiger partial charge in [0.05, 0.1) is 31.6 Å². The Morgan fingerprint density at radius 2 is 1.88 bits per heavy atom. The summed E-state index contributed by atoms with van der Waals surface area (Å²) >= 11 is 0. The van der Waals surface area contributed by atoms with Crippen LogP contribution in [0.4, 0.5) is 0 Å². The summed E-state index contributed by atoms with van der Waals surface area (Å²) in [6.45, 7) is 7.01. The van der Waals surface area contributed by atoms with Crippen molar-refractivity contribution >= 4 is 0 Å². The van der Waals surface area contributed by atoms with E-state index in [-0.39, 0.29) is 6.61 Å². The van der Waals surface area contributed by atoms with Gasteiger partial charge in [-0.3, -0.25) is 9.36 Å². The van der Waals surface area contributed by atoms with Crippen LogP contribution >= 0.6 is 0 Å².